The Balaban J connectivity index is 1.38. The molecule has 0 fully saturated rings. The van der Waals surface area contributed by atoms with Crippen LogP contribution in [-0.4, -0.2) is 25.8 Å². The zero-order valence-corrected chi connectivity index (χ0v) is 14.1. The summed E-state index contributed by atoms with van der Waals surface area (Å²) < 4.78 is 7.81. The molecule has 124 valence electrons. The van der Waals surface area contributed by atoms with Crippen LogP contribution >= 0.6 is 11.6 Å². The smallest absolute Gasteiger partial charge is 0.208 e. The van der Waals surface area contributed by atoms with Crippen molar-refractivity contribution in [2.75, 3.05) is 0 Å². The fourth-order valence-corrected chi connectivity index (χ4v) is 3.10. The first-order valence-corrected chi connectivity index (χ1v) is 8.39. The molecule has 1 aliphatic rings. The molecule has 1 aliphatic heterocycles. The number of hydrogen-bond donors (Lipinski definition) is 1. The lowest BCUT2D eigenvalue weighted by Gasteiger charge is -2.22. The summed E-state index contributed by atoms with van der Waals surface area (Å²) in [6, 6.07) is 7.89. The zero-order valence-electron chi connectivity index (χ0n) is 13.4. The van der Waals surface area contributed by atoms with Gasteiger partial charge in [-0.25, -0.2) is 14.6 Å². The summed E-state index contributed by atoms with van der Waals surface area (Å²) in [4.78, 5) is 8.78. The van der Waals surface area contributed by atoms with E-state index in [1.807, 2.05) is 35.9 Å². The molecular formula is C17H18ClN5O. The van der Waals surface area contributed by atoms with Crippen LogP contribution in [0.15, 0.2) is 34.9 Å². The third-order valence-corrected chi connectivity index (χ3v) is 4.44. The largest absolute Gasteiger partial charge is 0.439 e. The third-order valence-electron chi connectivity index (χ3n) is 4.19. The fourth-order valence-electron chi connectivity index (χ4n) is 2.97. The summed E-state index contributed by atoms with van der Waals surface area (Å²) in [7, 11) is 0. The number of halogens is 1. The van der Waals surface area contributed by atoms with Crippen molar-refractivity contribution in [1.82, 2.24) is 25.1 Å². The molecule has 0 aliphatic carbocycles. The summed E-state index contributed by atoms with van der Waals surface area (Å²) >= 11 is 5.91. The molecule has 2 aromatic heterocycles. The highest BCUT2D eigenvalue weighted by atomic mass is 35.5. The number of nitrogens with zero attached hydrogens (tertiary/aromatic N) is 4. The number of aryl methyl sites for hydroxylation is 2. The van der Waals surface area contributed by atoms with Gasteiger partial charge in [0.25, 0.3) is 0 Å². The van der Waals surface area contributed by atoms with Gasteiger partial charge in [-0.15, -0.1) is 0 Å². The highest BCUT2D eigenvalue weighted by Crippen LogP contribution is 2.22. The van der Waals surface area contributed by atoms with Crippen molar-refractivity contribution in [3.63, 3.8) is 0 Å². The van der Waals surface area contributed by atoms with Gasteiger partial charge in [0.1, 0.15) is 11.6 Å². The third kappa shape index (κ3) is 3.20. The molecule has 6 nitrogen and oxygen atoms in total. The van der Waals surface area contributed by atoms with Crippen molar-refractivity contribution in [3.8, 4) is 11.3 Å². The predicted octanol–water partition coefficient (Wildman–Crippen LogP) is 3.00. The van der Waals surface area contributed by atoms with Gasteiger partial charge in [-0.1, -0.05) is 11.6 Å². The van der Waals surface area contributed by atoms with E-state index in [2.05, 4.69) is 20.4 Å². The van der Waals surface area contributed by atoms with E-state index in [9.17, 15) is 0 Å². The first-order chi connectivity index (χ1) is 11.7. The second kappa shape index (κ2) is 6.37. The van der Waals surface area contributed by atoms with Crippen LogP contribution in [0.3, 0.4) is 0 Å². The molecule has 7 heteroatoms. The maximum absolute atomic E-state index is 5.91. The van der Waals surface area contributed by atoms with Crippen LogP contribution in [0, 0.1) is 6.92 Å². The molecule has 0 saturated carbocycles. The van der Waals surface area contributed by atoms with Crippen LogP contribution in [0.4, 0.5) is 0 Å². The number of fused-ring (bicyclic) bond motifs is 1. The van der Waals surface area contributed by atoms with Gasteiger partial charge in [0.2, 0.25) is 5.89 Å². The molecule has 1 atom stereocenters. The summed E-state index contributed by atoms with van der Waals surface area (Å²) in [5, 5.41) is 8.63. The normalized spacial score (nSPS) is 17.0. The van der Waals surface area contributed by atoms with Crippen LogP contribution in [0.25, 0.3) is 11.3 Å². The van der Waals surface area contributed by atoms with E-state index in [0.717, 1.165) is 42.4 Å². The van der Waals surface area contributed by atoms with E-state index in [-0.39, 0.29) is 0 Å². The van der Waals surface area contributed by atoms with Gasteiger partial charge < -0.3 is 9.73 Å². The monoisotopic (exact) mass is 343 g/mol. The number of rotatable bonds is 4. The number of hydrogen-bond acceptors (Lipinski definition) is 5. The number of benzene rings is 1. The minimum atomic E-state index is 0.351. The lowest BCUT2D eigenvalue weighted by atomic mass is 10.1. The summed E-state index contributed by atoms with van der Waals surface area (Å²) in [5.41, 5.74) is 0.971. The molecule has 1 aromatic carbocycles. The number of oxazole rings is 1. The van der Waals surface area contributed by atoms with E-state index in [0.29, 0.717) is 23.5 Å². The molecule has 0 saturated heterocycles. The second-order valence-corrected chi connectivity index (χ2v) is 6.44. The van der Waals surface area contributed by atoms with Gasteiger partial charge in [0.05, 0.1) is 19.3 Å². The molecular weight excluding hydrogens is 326 g/mol. The minimum absolute atomic E-state index is 0.351. The van der Waals surface area contributed by atoms with Crippen molar-refractivity contribution in [2.24, 2.45) is 0 Å². The lowest BCUT2D eigenvalue weighted by Crippen LogP contribution is -2.37. The van der Waals surface area contributed by atoms with Gasteiger partial charge in [-0.05, 0) is 37.6 Å². The Morgan fingerprint density at radius 3 is 3.00 bits per heavy atom. The van der Waals surface area contributed by atoms with E-state index in [1.165, 1.54) is 0 Å². The molecule has 0 unspecified atom stereocenters. The maximum atomic E-state index is 5.91. The van der Waals surface area contributed by atoms with E-state index in [1.54, 1.807) is 6.20 Å². The number of aromatic nitrogens is 4. The van der Waals surface area contributed by atoms with Crippen LogP contribution in [-0.2, 0) is 19.5 Å². The van der Waals surface area contributed by atoms with E-state index in [4.69, 9.17) is 16.0 Å². The van der Waals surface area contributed by atoms with Gasteiger partial charge in [0, 0.05) is 23.0 Å². The Morgan fingerprint density at radius 1 is 1.33 bits per heavy atom. The predicted molar refractivity (Wildman–Crippen MR) is 90.7 cm³/mol. The zero-order chi connectivity index (χ0) is 16.5. The molecule has 3 heterocycles. The van der Waals surface area contributed by atoms with E-state index >= 15 is 0 Å². The van der Waals surface area contributed by atoms with Crippen LogP contribution in [0.1, 0.15) is 24.0 Å². The first kappa shape index (κ1) is 15.4. The Labute approximate surface area is 144 Å². The standard InChI is InChI=1S/C17H18ClN5O/c1-11-21-16-7-6-14(10-23(16)22-11)19-9-17-20-8-15(24-17)12-2-4-13(18)5-3-12/h2-5,8,14,19H,6-7,9-10H2,1H3/t14-/m1/s1. The highest BCUT2D eigenvalue weighted by Gasteiger charge is 2.21. The summed E-state index contributed by atoms with van der Waals surface area (Å²) in [6.07, 6.45) is 3.74. The quantitative estimate of drug-likeness (QED) is 0.788. The minimum Gasteiger partial charge on any atom is -0.439 e. The Morgan fingerprint density at radius 2 is 2.17 bits per heavy atom. The van der Waals surface area contributed by atoms with Gasteiger partial charge in [-0.3, -0.25) is 0 Å². The molecule has 4 rings (SSSR count). The topological polar surface area (TPSA) is 68.8 Å². The summed E-state index contributed by atoms with van der Waals surface area (Å²) in [5.74, 6) is 3.35. The molecule has 0 spiro atoms. The van der Waals surface area contributed by atoms with Crippen LogP contribution < -0.4 is 5.32 Å². The van der Waals surface area contributed by atoms with Crippen molar-refractivity contribution in [2.45, 2.75) is 38.9 Å². The van der Waals surface area contributed by atoms with Crippen molar-refractivity contribution >= 4 is 11.6 Å². The first-order valence-electron chi connectivity index (χ1n) is 8.02. The molecule has 0 amide bonds. The molecule has 24 heavy (non-hydrogen) atoms. The van der Waals surface area contributed by atoms with Gasteiger partial charge in [-0.2, -0.15) is 5.10 Å². The van der Waals surface area contributed by atoms with Gasteiger partial charge in [0.15, 0.2) is 5.76 Å². The molecule has 0 radical (unpaired) electrons. The Hall–Kier alpha value is -2.18. The van der Waals surface area contributed by atoms with Crippen molar-refractivity contribution < 1.29 is 4.42 Å². The van der Waals surface area contributed by atoms with Crippen LogP contribution in [0.2, 0.25) is 5.02 Å². The Bertz CT molecular complexity index is 839. The second-order valence-electron chi connectivity index (χ2n) is 6.00. The highest BCUT2D eigenvalue weighted by molar-refractivity contribution is 6.30. The fraction of sp³-hybridized carbons (Fsp3) is 0.353. The van der Waals surface area contributed by atoms with Crippen molar-refractivity contribution in [1.29, 1.82) is 0 Å². The molecule has 0 bridgehead atoms. The average molecular weight is 344 g/mol. The van der Waals surface area contributed by atoms with Crippen LogP contribution in [0.5, 0.6) is 0 Å². The SMILES string of the molecule is Cc1nc2n(n1)C[C@H](NCc1ncc(-c3ccc(Cl)cc3)o1)CC2. The molecule has 3 aromatic rings. The van der Waals surface area contributed by atoms with Crippen molar-refractivity contribution in [3.05, 3.63) is 53.0 Å². The van der Waals surface area contributed by atoms with E-state index < -0.39 is 0 Å². The lowest BCUT2D eigenvalue weighted by molar-refractivity contribution is 0.342. The average Bonchev–Trinajstić information content (AvgIpc) is 3.18. The van der Waals surface area contributed by atoms with Gasteiger partial charge >= 0.3 is 0 Å². The number of nitrogens with one attached hydrogen (secondary N) is 1. The maximum Gasteiger partial charge on any atom is 0.208 e. The Kier molecular flexibility index (Phi) is 4.08. The molecule has 1 N–H and O–H groups in total. The summed E-state index contributed by atoms with van der Waals surface area (Å²) in [6.45, 7) is 3.36.